The summed E-state index contributed by atoms with van der Waals surface area (Å²) in [6, 6.07) is 12.8. The van der Waals surface area contributed by atoms with Gasteiger partial charge in [0, 0.05) is 72.9 Å². The first-order chi connectivity index (χ1) is 20.6. The van der Waals surface area contributed by atoms with E-state index in [1.807, 2.05) is 60.0 Å². The Labute approximate surface area is 265 Å². The molecular weight excluding hydrogens is 583 g/mol. The SMILES string of the molecule is CC(=O)N1CCC(C(=O)N(CCCN2C3CCC2CC(NC(=O)Cc2ccc(Cl)c(C)c2)C3)c2ccc(C)c(Cl)c2)CC1. The molecule has 3 aliphatic heterocycles. The lowest BCUT2D eigenvalue weighted by Gasteiger charge is -2.40. The number of carbonyl (C=O) groups is 3. The first-order valence-electron chi connectivity index (χ1n) is 15.7. The quantitative estimate of drug-likeness (QED) is 0.373. The zero-order chi connectivity index (χ0) is 30.7. The van der Waals surface area contributed by atoms with E-state index in [0.717, 1.165) is 66.0 Å². The van der Waals surface area contributed by atoms with Crippen LogP contribution in [-0.2, 0) is 20.8 Å². The van der Waals surface area contributed by atoms with Gasteiger partial charge in [-0.05, 0) is 93.7 Å². The molecule has 3 amide bonds. The van der Waals surface area contributed by atoms with Crippen LogP contribution in [0.25, 0.3) is 0 Å². The van der Waals surface area contributed by atoms with Crippen molar-refractivity contribution in [1.29, 1.82) is 0 Å². The van der Waals surface area contributed by atoms with Gasteiger partial charge in [0.25, 0.3) is 0 Å². The van der Waals surface area contributed by atoms with Crippen LogP contribution in [-0.4, -0.2) is 71.8 Å². The third kappa shape index (κ3) is 7.73. The Morgan fingerprint density at radius 2 is 1.60 bits per heavy atom. The molecule has 7 nitrogen and oxygen atoms in total. The molecule has 2 aromatic rings. The van der Waals surface area contributed by atoms with Gasteiger partial charge < -0.3 is 15.1 Å². The molecule has 3 heterocycles. The summed E-state index contributed by atoms with van der Waals surface area (Å²) in [4.78, 5) is 44.8. The number of fused-ring (bicyclic) bond motifs is 2. The number of halogens is 2. The first kappa shape index (κ1) is 31.8. The molecule has 1 N–H and O–H groups in total. The van der Waals surface area contributed by atoms with Crippen molar-refractivity contribution in [2.75, 3.05) is 31.1 Å². The Kier molecular flexibility index (Phi) is 10.4. The first-order valence-corrected chi connectivity index (χ1v) is 16.5. The van der Waals surface area contributed by atoms with Crippen LogP contribution >= 0.6 is 23.2 Å². The number of benzene rings is 2. The third-order valence-electron chi connectivity index (χ3n) is 9.66. The van der Waals surface area contributed by atoms with Gasteiger partial charge in [-0.15, -0.1) is 0 Å². The number of hydrogen-bond donors (Lipinski definition) is 1. The van der Waals surface area contributed by atoms with Crippen LogP contribution in [0.5, 0.6) is 0 Å². The van der Waals surface area contributed by atoms with Gasteiger partial charge in [0.2, 0.25) is 17.7 Å². The van der Waals surface area contributed by atoms with Crippen molar-refractivity contribution >= 4 is 46.6 Å². The van der Waals surface area contributed by atoms with Crippen LogP contribution in [0.1, 0.15) is 68.6 Å². The van der Waals surface area contributed by atoms with E-state index >= 15 is 0 Å². The molecule has 0 aliphatic carbocycles. The van der Waals surface area contributed by atoms with E-state index in [-0.39, 0.29) is 29.7 Å². The van der Waals surface area contributed by atoms with Crippen molar-refractivity contribution in [2.24, 2.45) is 5.92 Å². The normalized spacial score (nSPS) is 22.4. The van der Waals surface area contributed by atoms with Crippen LogP contribution < -0.4 is 10.2 Å². The Bertz CT molecular complexity index is 1330. The number of likely N-dealkylation sites (tertiary alicyclic amines) is 1. The largest absolute Gasteiger partial charge is 0.353 e. The molecule has 43 heavy (non-hydrogen) atoms. The number of aryl methyl sites for hydroxylation is 2. The van der Waals surface area contributed by atoms with E-state index in [0.29, 0.717) is 56.0 Å². The highest BCUT2D eigenvalue weighted by Crippen LogP contribution is 2.36. The highest BCUT2D eigenvalue weighted by atomic mass is 35.5. The Morgan fingerprint density at radius 3 is 2.23 bits per heavy atom. The number of amides is 3. The number of carbonyl (C=O) groups excluding carboxylic acids is 3. The van der Waals surface area contributed by atoms with Crippen molar-refractivity contribution in [2.45, 2.75) is 90.3 Å². The molecule has 2 bridgehead atoms. The van der Waals surface area contributed by atoms with Crippen LogP contribution in [0.4, 0.5) is 5.69 Å². The van der Waals surface area contributed by atoms with Gasteiger partial charge in [0.1, 0.15) is 0 Å². The summed E-state index contributed by atoms with van der Waals surface area (Å²) in [5, 5.41) is 4.68. The fourth-order valence-corrected chi connectivity index (χ4v) is 7.52. The van der Waals surface area contributed by atoms with Crippen LogP contribution in [0.3, 0.4) is 0 Å². The average Bonchev–Trinajstić information content (AvgIpc) is 3.21. The van der Waals surface area contributed by atoms with E-state index in [1.165, 1.54) is 0 Å². The molecule has 3 fully saturated rings. The zero-order valence-electron chi connectivity index (χ0n) is 25.6. The van der Waals surface area contributed by atoms with Crippen molar-refractivity contribution < 1.29 is 14.4 Å². The molecule has 0 spiro atoms. The summed E-state index contributed by atoms with van der Waals surface area (Å²) in [7, 11) is 0. The summed E-state index contributed by atoms with van der Waals surface area (Å²) < 4.78 is 0. The minimum atomic E-state index is -0.0944. The van der Waals surface area contributed by atoms with E-state index in [1.54, 1.807) is 6.92 Å². The second-order valence-corrected chi connectivity index (χ2v) is 13.5. The average molecular weight is 628 g/mol. The van der Waals surface area contributed by atoms with Crippen LogP contribution in [0, 0.1) is 19.8 Å². The maximum atomic E-state index is 13.8. The molecule has 0 saturated carbocycles. The lowest BCUT2D eigenvalue weighted by Crippen LogP contribution is -2.51. The molecule has 2 unspecified atom stereocenters. The molecule has 0 radical (unpaired) electrons. The van der Waals surface area contributed by atoms with Gasteiger partial charge in [0.15, 0.2) is 0 Å². The molecule has 3 saturated heterocycles. The monoisotopic (exact) mass is 626 g/mol. The highest BCUT2D eigenvalue weighted by molar-refractivity contribution is 6.31. The number of nitrogens with zero attached hydrogens (tertiary/aromatic N) is 3. The molecule has 0 aromatic heterocycles. The number of hydrogen-bond acceptors (Lipinski definition) is 4. The fraction of sp³-hybridized carbons (Fsp3) is 0.559. The Balaban J connectivity index is 1.16. The summed E-state index contributed by atoms with van der Waals surface area (Å²) in [5.41, 5.74) is 3.80. The van der Waals surface area contributed by atoms with Gasteiger partial charge >= 0.3 is 0 Å². The minimum Gasteiger partial charge on any atom is -0.353 e. The number of anilines is 1. The van der Waals surface area contributed by atoms with Gasteiger partial charge in [-0.1, -0.05) is 41.4 Å². The second kappa shape index (κ2) is 14.0. The second-order valence-electron chi connectivity index (χ2n) is 12.7. The molecule has 3 aliphatic rings. The van der Waals surface area contributed by atoms with Crippen molar-refractivity contribution in [3.63, 3.8) is 0 Å². The predicted octanol–water partition coefficient (Wildman–Crippen LogP) is 5.95. The lowest BCUT2D eigenvalue weighted by atomic mass is 9.94. The highest BCUT2D eigenvalue weighted by Gasteiger charge is 2.41. The fourth-order valence-electron chi connectivity index (χ4n) is 7.23. The smallest absolute Gasteiger partial charge is 0.230 e. The molecule has 9 heteroatoms. The van der Waals surface area contributed by atoms with E-state index < -0.39 is 0 Å². The Hall–Kier alpha value is -2.61. The van der Waals surface area contributed by atoms with E-state index in [2.05, 4.69) is 10.2 Å². The maximum absolute atomic E-state index is 13.8. The topological polar surface area (TPSA) is 73.0 Å². The standard InChI is InChI=1S/C34H44Cl2N4O3/c1-22-5-7-30(21-32(22)36)40(34(43)26-11-15-38(16-12-26)24(3)41)14-4-13-39-28-8-9-29(39)20-27(19-28)37-33(42)18-25-6-10-31(35)23(2)17-25/h5-7,10,17,21,26-29H,4,8-9,11-16,18-20H2,1-3H3,(H,37,42). The summed E-state index contributed by atoms with van der Waals surface area (Å²) in [6.07, 6.45) is 6.85. The zero-order valence-corrected chi connectivity index (χ0v) is 27.1. The minimum absolute atomic E-state index is 0.0691. The van der Waals surface area contributed by atoms with Crippen LogP contribution in [0.2, 0.25) is 10.0 Å². The molecule has 2 aromatic carbocycles. The number of rotatable bonds is 9. The third-order valence-corrected chi connectivity index (χ3v) is 10.5. The van der Waals surface area contributed by atoms with Gasteiger partial charge in [-0.25, -0.2) is 0 Å². The molecule has 232 valence electrons. The van der Waals surface area contributed by atoms with E-state index in [9.17, 15) is 14.4 Å². The van der Waals surface area contributed by atoms with Crippen LogP contribution in [0.15, 0.2) is 36.4 Å². The number of piperidine rings is 2. The predicted molar refractivity (Wildman–Crippen MR) is 173 cm³/mol. The molecular formula is C34H44Cl2N4O3. The lowest BCUT2D eigenvalue weighted by molar-refractivity contribution is -0.133. The van der Waals surface area contributed by atoms with Crippen molar-refractivity contribution in [3.05, 3.63) is 63.1 Å². The summed E-state index contributed by atoms with van der Waals surface area (Å²) >= 11 is 12.6. The van der Waals surface area contributed by atoms with Crippen molar-refractivity contribution in [3.8, 4) is 0 Å². The summed E-state index contributed by atoms with van der Waals surface area (Å²) in [6.45, 7) is 8.32. The Morgan fingerprint density at radius 1 is 0.907 bits per heavy atom. The molecule has 2 atom stereocenters. The molecule has 5 rings (SSSR count). The van der Waals surface area contributed by atoms with Gasteiger partial charge in [-0.2, -0.15) is 0 Å². The van der Waals surface area contributed by atoms with Gasteiger partial charge in [0.05, 0.1) is 6.42 Å². The van der Waals surface area contributed by atoms with Gasteiger partial charge in [-0.3, -0.25) is 19.3 Å². The van der Waals surface area contributed by atoms with Crippen molar-refractivity contribution in [1.82, 2.24) is 15.1 Å². The van der Waals surface area contributed by atoms with E-state index in [4.69, 9.17) is 23.2 Å². The summed E-state index contributed by atoms with van der Waals surface area (Å²) in [5.74, 6) is 0.175. The number of nitrogens with one attached hydrogen (secondary N) is 1. The maximum Gasteiger partial charge on any atom is 0.230 e.